The highest BCUT2D eigenvalue weighted by atomic mass is 19.1. The quantitative estimate of drug-likeness (QED) is 0.897. The van der Waals surface area contributed by atoms with Gasteiger partial charge in [-0.1, -0.05) is 0 Å². The van der Waals surface area contributed by atoms with Crippen molar-refractivity contribution in [3.63, 3.8) is 0 Å². The number of hydrogen-bond acceptors (Lipinski definition) is 3. The van der Waals surface area contributed by atoms with Crippen molar-refractivity contribution in [2.75, 3.05) is 6.79 Å². The zero-order valence-corrected chi connectivity index (χ0v) is 10.3. The molecule has 2 rings (SSSR count). The van der Waals surface area contributed by atoms with E-state index >= 15 is 0 Å². The van der Waals surface area contributed by atoms with Crippen LogP contribution in [0.3, 0.4) is 0 Å². The van der Waals surface area contributed by atoms with Crippen molar-refractivity contribution in [1.29, 1.82) is 0 Å². The number of aliphatic carboxylic acids is 1. The van der Waals surface area contributed by atoms with E-state index in [9.17, 15) is 9.18 Å². The Labute approximate surface area is 104 Å². The third-order valence-corrected chi connectivity index (χ3v) is 2.97. The van der Waals surface area contributed by atoms with Crippen LogP contribution < -0.4 is 9.47 Å². The molecule has 4 nitrogen and oxygen atoms in total. The van der Waals surface area contributed by atoms with Crippen LogP contribution in [0.5, 0.6) is 11.5 Å². The Bertz CT molecular complexity index is 482. The van der Waals surface area contributed by atoms with Crippen LogP contribution in [0.1, 0.15) is 25.0 Å². The maximum absolute atomic E-state index is 12.8. The van der Waals surface area contributed by atoms with Gasteiger partial charge in [-0.3, -0.25) is 4.79 Å². The number of hydrogen-bond donors (Lipinski definition) is 1. The number of benzene rings is 1. The van der Waals surface area contributed by atoms with E-state index in [4.69, 9.17) is 14.6 Å². The zero-order chi connectivity index (χ0) is 13.3. The van der Waals surface area contributed by atoms with E-state index < -0.39 is 18.1 Å². The van der Waals surface area contributed by atoms with Crippen molar-refractivity contribution < 1.29 is 23.8 Å². The van der Waals surface area contributed by atoms with Gasteiger partial charge in [0.2, 0.25) is 6.79 Å². The first-order chi connectivity index (χ1) is 8.44. The Morgan fingerprint density at radius 2 is 2.17 bits per heavy atom. The standard InChI is InChI=1S/C13H15FO4/c1-13(2,12(15)16)5-9-3-8(6-14)4-10-11(9)18-7-17-10/h3-4H,5-7H2,1-2H3,(H,15,16). The van der Waals surface area contributed by atoms with Gasteiger partial charge in [0.1, 0.15) is 6.67 Å². The Hall–Kier alpha value is -1.78. The molecular formula is C13H15FO4. The first kappa shape index (κ1) is 12.7. The van der Waals surface area contributed by atoms with Gasteiger partial charge in [0.05, 0.1) is 5.41 Å². The normalized spacial score (nSPS) is 13.7. The molecule has 0 atom stereocenters. The molecule has 18 heavy (non-hydrogen) atoms. The molecule has 1 aromatic rings. The van der Waals surface area contributed by atoms with Gasteiger partial charge in [-0.2, -0.15) is 0 Å². The van der Waals surface area contributed by atoms with Gasteiger partial charge in [-0.05, 0) is 43.5 Å². The summed E-state index contributed by atoms with van der Waals surface area (Å²) in [5.41, 5.74) is 0.203. The van der Waals surface area contributed by atoms with Crippen molar-refractivity contribution in [2.24, 2.45) is 5.41 Å². The number of carboxylic acid groups (broad SMARTS) is 1. The van der Waals surface area contributed by atoms with Crippen LogP contribution in [0.4, 0.5) is 4.39 Å². The number of rotatable bonds is 4. The van der Waals surface area contributed by atoms with Crippen molar-refractivity contribution >= 4 is 5.97 Å². The molecule has 0 unspecified atom stereocenters. The Kier molecular flexibility index (Phi) is 3.15. The predicted molar refractivity (Wildman–Crippen MR) is 62.5 cm³/mol. The van der Waals surface area contributed by atoms with E-state index in [-0.39, 0.29) is 13.2 Å². The molecule has 1 aliphatic rings. The molecule has 1 aromatic carbocycles. The topological polar surface area (TPSA) is 55.8 Å². The van der Waals surface area contributed by atoms with Gasteiger partial charge in [-0.15, -0.1) is 0 Å². The summed E-state index contributed by atoms with van der Waals surface area (Å²) in [5.74, 6) is 0.115. The molecular weight excluding hydrogens is 239 g/mol. The first-order valence-electron chi connectivity index (χ1n) is 5.65. The molecule has 0 aliphatic carbocycles. The van der Waals surface area contributed by atoms with Crippen LogP contribution in [0, 0.1) is 5.41 Å². The number of ether oxygens (including phenoxy) is 2. The number of fused-ring (bicyclic) bond motifs is 1. The molecule has 1 N–H and O–H groups in total. The molecule has 0 saturated heterocycles. The summed E-state index contributed by atoms with van der Waals surface area (Å²) >= 11 is 0. The largest absolute Gasteiger partial charge is 0.481 e. The van der Waals surface area contributed by atoms with Crippen LogP contribution >= 0.6 is 0 Å². The molecule has 0 spiro atoms. The van der Waals surface area contributed by atoms with E-state index in [1.54, 1.807) is 26.0 Å². The van der Waals surface area contributed by atoms with E-state index in [1.165, 1.54) is 0 Å². The lowest BCUT2D eigenvalue weighted by atomic mass is 9.85. The number of alkyl halides is 1. The molecule has 0 saturated carbocycles. The second-order valence-electron chi connectivity index (χ2n) is 4.99. The summed E-state index contributed by atoms with van der Waals surface area (Å²) in [7, 11) is 0. The van der Waals surface area contributed by atoms with Gasteiger partial charge in [0.25, 0.3) is 0 Å². The van der Waals surface area contributed by atoms with E-state index in [0.29, 0.717) is 22.6 Å². The third kappa shape index (κ3) is 2.25. The van der Waals surface area contributed by atoms with Crippen LogP contribution in [-0.4, -0.2) is 17.9 Å². The molecule has 5 heteroatoms. The Balaban J connectivity index is 2.38. The number of carboxylic acids is 1. The summed E-state index contributed by atoms with van der Waals surface area (Å²) in [6, 6.07) is 3.22. The Morgan fingerprint density at radius 3 is 2.78 bits per heavy atom. The molecule has 0 aromatic heterocycles. The number of carbonyl (C=O) groups is 1. The zero-order valence-electron chi connectivity index (χ0n) is 10.3. The second kappa shape index (κ2) is 4.48. The fraction of sp³-hybridized carbons (Fsp3) is 0.462. The second-order valence-corrected chi connectivity index (χ2v) is 4.99. The molecule has 0 amide bonds. The fourth-order valence-electron chi connectivity index (χ4n) is 1.91. The summed E-state index contributed by atoms with van der Waals surface area (Å²) in [6.45, 7) is 2.72. The third-order valence-electron chi connectivity index (χ3n) is 2.97. The summed E-state index contributed by atoms with van der Waals surface area (Å²) in [6.07, 6.45) is 0.266. The smallest absolute Gasteiger partial charge is 0.309 e. The highest BCUT2D eigenvalue weighted by Gasteiger charge is 2.31. The van der Waals surface area contributed by atoms with Crippen molar-refractivity contribution in [1.82, 2.24) is 0 Å². The van der Waals surface area contributed by atoms with Gasteiger partial charge < -0.3 is 14.6 Å². The summed E-state index contributed by atoms with van der Waals surface area (Å²) < 4.78 is 23.3. The van der Waals surface area contributed by atoms with Crippen LogP contribution in [0.15, 0.2) is 12.1 Å². The first-order valence-corrected chi connectivity index (χ1v) is 5.65. The van der Waals surface area contributed by atoms with Crippen LogP contribution in [-0.2, 0) is 17.9 Å². The average molecular weight is 254 g/mol. The maximum Gasteiger partial charge on any atom is 0.309 e. The fourth-order valence-corrected chi connectivity index (χ4v) is 1.91. The van der Waals surface area contributed by atoms with Crippen molar-refractivity contribution in [3.05, 3.63) is 23.3 Å². The number of halogens is 1. The molecule has 0 fully saturated rings. The molecule has 98 valence electrons. The van der Waals surface area contributed by atoms with E-state index in [2.05, 4.69) is 0 Å². The van der Waals surface area contributed by atoms with E-state index in [0.717, 1.165) is 0 Å². The molecule has 0 bridgehead atoms. The lowest BCUT2D eigenvalue weighted by Crippen LogP contribution is -2.26. The van der Waals surface area contributed by atoms with Gasteiger partial charge in [0.15, 0.2) is 11.5 Å². The highest BCUT2D eigenvalue weighted by Crippen LogP contribution is 2.40. The average Bonchev–Trinajstić information content (AvgIpc) is 2.76. The lowest BCUT2D eigenvalue weighted by Gasteiger charge is -2.20. The minimum atomic E-state index is -0.936. The van der Waals surface area contributed by atoms with Crippen LogP contribution in [0.25, 0.3) is 0 Å². The van der Waals surface area contributed by atoms with Gasteiger partial charge in [-0.25, -0.2) is 4.39 Å². The minimum Gasteiger partial charge on any atom is -0.481 e. The minimum absolute atomic E-state index is 0.0889. The molecule has 0 radical (unpaired) electrons. The maximum atomic E-state index is 12.8. The van der Waals surface area contributed by atoms with Gasteiger partial charge in [0, 0.05) is 0 Å². The van der Waals surface area contributed by atoms with Crippen molar-refractivity contribution in [2.45, 2.75) is 26.9 Å². The van der Waals surface area contributed by atoms with Crippen LogP contribution in [0.2, 0.25) is 0 Å². The Morgan fingerprint density at radius 1 is 1.44 bits per heavy atom. The predicted octanol–water partition coefficient (Wildman–Crippen LogP) is 2.54. The lowest BCUT2D eigenvalue weighted by molar-refractivity contribution is -0.146. The van der Waals surface area contributed by atoms with E-state index in [1.807, 2.05) is 0 Å². The van der Waals surface area contributed by atoms with Crippen molar-refractivity contribution in [3.8, 4) is 11.5 Å². The monoisotopic (exact) mass is 254 g/mol. The SMILES string of the molecule is CC(C)(Cc1cc(CF)cc2c1OCO2)C(=O)O. The molecule has 1 aliphatic heterocycles. The summed E-state index contributed by atoms with van der Waals surface area (Å²) in [5, 5.41) is 9.13. The summed E-state index contributed by atoms with van der Waals surface area (Å²) in [4.78, 5) is 11.1. The molecule has 1 heterocycles. The highest BCUT2D eigenvalue weighted by molar-refractivity contribution is 5.74. The van der Waals surface area contributed by atoms with Gasteiger partial charge >= 0.3 is 5.97 Å².